The second kappa shape index (κ2) is 5.12. The van der Waals surface area contributed by atoms with Crippen molar-refractivity contribution in [3.05, 3.63) is 45.1 Å². The molecule has 0 radical (unpaired) electrons. The number of carbonyl (C=O) groups is 1. The van der Waals surface area contributed by atoms with E-state index in [1.165, 1.54) is 11.3 Å². The summed E-state index contributed by atoms with van der Waals surface area (Å²) in [4.78, 5) is 13.3. The van der Waals surface area contributed by atoms with E-state index in [2.05, 4.69) is 17.9 Å². The van der Waals surface area contributed by atoms with Gasteiger partial charge in [0.15, 0.2) is 0 Å². The first-order chi connectivity index (χ1) is 8.06. The van der Waals surface area contributed by atoms with Gasteiger partial charge < -0.3 is 5.32 Å². The average Bonchev–Trinajstić information content (AvgIpc) is 2.70. The number of aryl methyl sites for hydroxylation is 1. The first-order valence-corrected chi connectivity index (χ1v) is 6.62. The van der Waals surface area contributed by atoms with Crippen molar-refractivity contribution in [2.45, 2.75) is 11.8 Å². The Morgan fingerprint density at radius 3 is 2.76 bits per heavy atom. The van der Waals surface area contributed by atoms with Crippen LogP contribution in [0.5, 0.6) is 0 Å². The van der Waals surface area contributed by atoms with Gasteiger partial charge in [0.1, 0.15) is 0 Å². The number of nitrogens with one attached hydrogen (secondary N) is 1. The zero-order valence-electron chi connectivity index (χ0n) is 9.03. The standard InChI is InChI=1S/C12H10ClNOS2/c1-7-2-3-8(4-10(7)13)14-12(15)11-5-9(16)6-17-11/h2-6,16H,1H3,(H,14,15). The maximum absolute atomic E-state index is 11.8. The van der Waals surface area contributed by atoms with Crippen LogP contribution in [0.3, 0.4) is 0 Å². The molecular formula is C12H10ClNOS2. The van der Waals surface area contributed by atoms with Gasteiger partial charge in [0, 0.05) is 21.0 Å². The molecule has 0 aliphatic heterocycles. The number of benzene rings is 1. The molecular weight excluding hydrogens is 274 g/mol. The van der Waals surface area contributed by atoms with E-state index in [0.29, 0.717) is 15.6 Å². The fraction of sp³-hybridized carbons (Fsp3) is 0.0833. The smallest absolute Gasteiger partial charge is 0.265 e. The van der Waals surface area contributed by atoms with Crippen LogP contribution >= 0.6 is 35.6 Å². The summed E-state index contributed by atoms with van der Waals surface area (Å²) < 4.78 is 0. The van der Waals surface area contributed by atoms with E-state index in [1.807, 2.05) is 24.4 Å². The molecule has 2 rings (SSSR count). The summed E-state index contributed by atoms with van der Waals surface area (Å²) in [5, 5.41) is 5.25. The fourth-order valence-corrected chi connectivity index (χ4v) is 2.53. The molecule has 1 N–H and O–H groups in total. The Balaban J connectivity index is 2.15. The number of thiol groups is 1. The molecule has 0 bridgehead atoms. The molecule has 0 fully saturated rings. The number of carbonyl (C=O) groups excluding carboxylic acids is 1. The van der Waals surface area contributed by atoms with Crippen LogP contribution in [0.25, 0.3) is 0 Å². The molecule has 1 aromatic heterocycles. The van der Waals surface area contributed by atoms with E-state index >= 15 is 0 Å². The van der Waals surface area contributed by atoms with Gasteiger partial charge in [-0.25, -0.2) is 0 Å². The summed E-state index contributed by atoms with van der Waals surface area (Å²) in [6, 6.07) is 7.17. The molecule has 1 aromatic carbocycles. The van der Waals surface area contributed by atoms with Crippen molar-refractivity contribution in [1.82, 2.24) is 0 Å². The number of rotatable bonds is 2. The molecule has 0 saturated heterocycles. The topological polar surface area (TPSA) is 29.1 Å². The summed E-state index contributed by atoms with van der Waals surface area (Å²) in [7, 11) is 0. The number of halogens is 1. The molecule has 17 heavy (non-hydrogen) atoms. The Bertz CT molecular complexity index is 565. The van der Waals surface area contributed by atoms with Crippen LogP contribution in [0.2, 0.25) is 5.02 Å². The van der Waals surface area contributed by atoms with E-state index in [0.717, 1.165) is 10.5 Å². The third-order valence-corrected chi connectivity index (χ3v) is 4.01. The second-order valence-corrected chi connectivity index (χ2v) is 5.42. The molecule has 2 nitrogen and oxygen atoms in total. The molecule has 0 saturated carbocycles. The minimum Gasteiger partial charge on any atom is -0.321 e. The van der Waals surface area contributed by atoms with Crippen molar-refractivity contribution in [2.75, 3.05) is 5.32 Å². The lowest BCUT2D eigenvalue weighted by Crippen LogP contribution is -2.09. The van der Waals surface area contributed by atoms with Crippen molar-refractivity contribution in [3.63, 3.8) is 0 Å². The van der Waals surface area contributed by atoms with E-state index in [4.69, 9.17) is 11.6 Å². The molecule has 0 aliphatic rings. The predicted molar refractivity (Wildman–Crippen MR) is 75.7 cm³/mol. The van der Waals surface area contributed by atoms with Crippen LogP contribution in [0.4, 0.5) is 5.69 Å². The molecule has 0 unspecified atom stereocenters. The maximum Gasteiger partial charge on any atom is 0.265 e. The molecule has 1 amide bonds. The van der Waals surface area contributed by atoms with E-state index in [9.17, 15) is 4.79 Å². The number of thiophene rings is 1. The highest BCUT2D eigenvalue weighted by atomic mass is 35.5. The van der Waals surface area contributed by atoms with Gasteiger partial charge in [0.2, 0.25) is 0 Å². The summed E-state index contributed by atoms with van der Waals surface area (Å²) in [6.45, 7) is 1.92. The monoisotopic (exact) mass is 283 g/mol. The normalized spacial score (nSPS) is 10.3. The third-order valence-electron chi connectivity index (χ3n) is 2.24. The average molecular weight is 284 g/mol. The number of anilines is 1. The molecule has 0 aliphatic carbocycles. The first kappa shape index (κ1) is 12.5. The summed E-state index contributed by atoms with van der Waals surface area (Å²) in [5.74, 6) is -0.143. The Labute approximate surface area is 114 Å². The lowest BCUT2D eigenvalue weighted by Gasteiger charge is -2.05. The third kappa shape index (κ3) is 3.03. The van der Waals surface area contributed by atoms with Gasteiger partial charge >= 0.3 is 0 Å². The van der Waals surface area contributed by atoms with Gasteiger partial charge in [-0.3, -0.25) is 4.79 Å². The maximum atomic E-state index is 11.8. The molecule has 5 heteroatoms. The Morgan fingerprint density at radius 1 is 1.41 bits per heavy atom. The van der Waals surface area contributed by atoms with Crippen molar-refractivity contribution >= 4 is 47.2 Å². The summed E-state index contributed by atoms with van der Waals surface area (Å²) in [5.41, 5.74) is 1.68. The van der Waals surface area contributed by atoms with Gasteiger partial charge in [-0.1, -0.05) is 17.7 Å². The quantitative estimate of drug-likeness (QED) is 0.793. The zero-order chi connectivity index (χ0) is 12.4. The fourth-order valence-electron chi connectivity index (χ4n) is 1.31. The van der Waals surface area contributed by atoms with Gasteiger partial charge in [-0.05, 0) is 30.7 Å². The van der Waals surface area contributed by atoms with Crippen molar-refractivity contribution < 1.29 is 4.79 Å². The summed E-state index contributed by atoms with van der Waals surface area (Å²) >= 11 is 11.5. The Kier molecular flexibility index (Phi) is 3.76. The first-order valence-electron chi connectivity index (χ1n) is 4.91. The lowest BCUT2D eigenvalue weighted by molar-refractivity contribution is 0.103. The second-order valence-electron chi connectivity index (χ2n) is 3.59. The minimum atomic E-state index is -0.143. The van der Waals surface area contributed by atoms with Gasteiger partial charge in [0.05, 0.1) is 4.88 Å². The highest BCUT2D eigenvalue weighted by Gasteiger charge is 2.09. The van der Waals surface area contributed by atoms with Gasteiger partial charge in [-0.2, -0.15) is 0 Å². The zero-order valence-corrected chi connectivity index (χ0v) is 11.5. The molecule has 1 heterocycles. The Hall–Kier alpha value is -0.970. The van der Waals surface area contributed by atoms with Crippen molar-refractivity contribution in [3.8, 4) is 0 Å². The number of hydrogen-bond donors (Lipinski definition) is 2. The summed E-state index contributed by atoms with van der Waals surface area (Å²) in [6.07, 6.45) is 0. The minimum absolute atomic E-state index is 0.143. The van der Waals surface area contributed by atoms with E-state index in [-0.39, 0.29) is 5.91 Å². The number of amides is 1. The van der Waals surface area contributed by atoms with Gasteiger partial charge in [-0.15, -0.1) is 24.0 Å². The van der Waals surface area contributed by atoms with Crippen LogP contribution in [0, 0.1) is 6.92 Å². The van der Waals surface area contributed by atoms with Crippen LogP contribution in [0.15, 0.2) is 34.5 Å². The van der Waals surface area contributed by atoms with Crippen molar-refractivity contribution in [1.29, 1.82) is 0 Å². The van der Waals surface area contributed by atoms with Crippen LogP contribution in [-0.2, 0) is 0 Å². The molecule has 0 spiro atoms. The van der Waals surface area contributed by atoms with E-state index in [1.54, 1.807) is 12.1 Å². The lowest BCUT2D eigenvalue weighted by atomic mass is 10.2. The van der Waals surface area contributed by atoms with Crippen LogP contribution in [-0.4, -0.2) is 5.91 Å². The van der Waals surface area contributed by atoms with Crippen LogP contribution in [0.1, 0.15) is 15.2 Å². The van der Waals surface area contributed by atoms with Crippen LogP contribution < -0.4 is 5.32 Å². The Morgan fingerprint density at radius 2 is 2.18 bits per heavy atom. The SMILES string of the molecule is Cc1ccc(NC(=O)c2cc(S)cs2)cc1Cl. The van der Waals surface area contributed by atoms with E-state index < -0.39 is 0 Å². The molecule has 88 valence electrons. The predicted octanol–water partition coefficient (Wildman–Crippen LogP) is 4.25. The highest BCUT2D eigenvalue weighted by Crippen LogP contribution is 2.22. The number of hydrogen-bond acceptors (Lipinski definition) is 3. The molecule has 2 aromatic rings. The molecule has 0 atom stereocenters. The van der Waals surface area contributed by atoms with Crippen molar-refractivity contribution in [2.24, 2.45) is 0 Å². The highest BCUT2D eigenvalue weighted by molar-refractivity contribution is 7.80. The largest absolute Gasteiger partial charge is 0.321 e. The van der Waals surface area contributed by atoms with Gasteiger partial charge in [0.25, 0.3) is 5.91 Å².